The number of hydrogen-bond donors (Lipinski definition) is 2. The normalized spacial score (nSPS) is 25.1. The van der Waals surface area contributed by atoms with Gasteiger partial charge < -0.3 is 25.6 Å². The largest absolute Gasteiger partial charge is 0.381 e. The maximum atomic E-state index is 13.4. The lowest BCUT2D eigenvalue weighted by Gasteiger charge is -2.42. The quantitative estimate of drug-likeness (QED) is 0.555. The Bertz CT molecular complexity index is 996. The summed E-state index contributed by atoms with van der Waals surface area (Å²) in [6, 6.07) is 5.58. The number of amides is 2. The summed E-state index contributed by atoms with van der Waals surface area (Å²) in [4.78, 5) is 37.6. The van der Waals surface area contributed by atoms with Gasteiger partial charge in [0.15, 0.2) is 5.13 Å². The van der Waals surface area contributed by atoms with Crippen LogP contribution in [0, 0.1) is 5.92 Å². The van der Waals surface area contributed by atoms with Crippen molar-refractivity contribution in [3.63, 3.8) is 0 Å². The Morgan fingerprint density at radius 1 is 1.24 bits per heavy atom. The van der Waals surface area contributed by atoms with Gasteiger partial charge in [-0.3, -0.25) is 9.59 Å². The van der Waals surface area contributed by atoms with E-state index in [1.165, 1.54) is 6.08 Å². The van der Waals surface area contributed by atoms with E-state index in [1.54, 1.807) is 41.3 Å². The molecule has 2 amide bonds. The minimum atomic E-state index is -0.261. The van der Waals surface area contributed by atoms with Crippen molar-refractivity contribution in [3.8, 4) is 0 Å². The first kappa shape index (κ1) is 24.6. The predicted molar refractivity (Wildman–Crippen MR) is 134 cm³/mol. The maximum Gasteiger partial charge on any atom is 0.246 e. The summed E-state index contributed by atoms with van der Waals surface area (Å²) in [5.74, 6) is 0.467. The highest BCUT2D eigenvalue weighted by atomic mass is 32.2. The molecule has 2 aliphatic rings. The van der Waals surface area contributed by atoms with Crippen LogP contribution in [-0.2, 0) is 14.3 Å². The molecule has 34 heavy (non-hydrogen) atoms. The van der Waals surface area contributed by atoms with Crippen LogP contribution in [0.5, 0.6) is 0 Å². The van der Waals surface area contributed by atoms with Crippen molar-refractivity contribution >= 4 is 45.9 Å². The van der Waals surface area contributed by atoms with E-state index >= 15 is 0 Å². The predicted octanol–water partition coefficient (Wildman–Crippen LogP) is 2.35. The fourth-order valence-electron chi connectivity index (χ4n) is 4.39. The van der Waals surface area contributed by atoms with Crippen molar-refractivity contribution in [1.29, 1.82) is 0 Å². The van der Waals surface area contributed by atoms with Crippen molar-refractivity contribution in [2.24, 2.45) is 11.7 Å². The molecule has 4 unspecified atom stereocenters. The number of nitrogens with one attached hydrogen (secondary N) is 1. The third kappa shape index (κ3) is 5.77. The van der Waals surface area contributed by atoms with E-state index < -0.39 is 0 Å². The second-order valence-electron chi connectivity index (χ2n) is 8.35. The van der Waals surface area contributed by atoms with Crippen molar-refractivity contribution < 1.29 is 14.3 Å². The van der Waals surface area contributed by atoms with Gasteiger partial charge in [0.1, 0.15) is 5.82 Å². The number of piperazine rings is 1. The minimum Gasteiger partial charge on any atom is -0.381 e. The van der Waals surface area contributed by atoms with Crippen LogP contribution < -0.4 is 11.1 Å². The van der Waals surface area contributed by atoms with E-state index in [0.29, 0.717) is 39.0 Å². The molecular formula is C23H30N6O3S2. The average molecular weight is 503 g/mol. The molecule has 2 aromatic rings. The zero-order valence-electron chi connectivity index (χ0n) is 19.1. The number of thioether (sulfide) groups is 1. The lowest BCUT2D eigenvalue weighted by atomic mass is 9.82. The Balaban J connectivity index is 1.38. The van der Waals surface area contributed by atoms with Gasteiger partial charge in [-0.1, -0.05) is 24.0 Å². The van der Waals surface area contributed by atoms with Crippen LogP contribution in [0.15, 0.2) is 47.5 Å². The molecule has 0 bridgehead atoms. The molecule has 0 radical (unpaired) electrons. The van der Waals surface area contributed by atoms with Crippen LogP contribution in [0.2, 0.25) is 0 Å². The number of nitrogens with zero attached hydrogens (tertiary/aromatic N) is 4. The number of hydrogen-bond acceptors (Lipinski definition) is 9. The van der Waals surface area contributed by atoms with Gasteiger partial charge in [0.2, 0.25) is 11.8 Å². The SMILES string of the molecule is C=CC(=O)N1CCN(C(=O)C2CC(Sc3cnc(Nc4ccccn4)s3)C(N)CC2OC)CC1. The number of methoxy groups -OCH3 is 1. The number of aromatic nitrogens is 2. The van der Waals surface area contributed by atoms with Crippen molar-refractivity contribution in [2.75, 3.05) is 38.6 Å². The lowest BCUT2D eigenvalue weighted by Crippen LogP contribution is -2.56. The molecule has 3 N–H and O–H groups in total. The van der Waals surface area contributed by atoms with Gasteiger partial charge in [-0.25, -0.2) is 9.97 Å². The zero-order chi connectivity index (χ0) is 24.1. The van der Waals surface area contributed by atoms with Crippen molar-refractivity contribution in [1.82, 2.24) is 19.8 Å². The number of ether oxygens (including phenoxy) is 1. The van der Waals surface area contributed by atoms with Gasteiger partial charge in [0, 0.05) is 50.8 Å². The summed E-state index contributed by atoms with van der Waals surface area (Å²) in [5.41, 5.74) is 6.51. The summed E-state index contributed by atoms with van der Waals surface area (Å²) in [6.45, 7) is 5.62. The molecule has 1 saturated heterocycles. The average Bonchev–Trinajstić information content (AvgIpc) is 3.31. The molecule has 0 aromatic carbocycles. The lowest BCUT2D eigenvalue weighted by molar-refractivity contribution is -0.146. The van der Waals surface area contributed by atoms with E-state index in [1.807, 2.05) is 29.3 Å². The van der Waals surface area contributed by atoms with Crippen LogP contribution in [0.4, 0.5) is 10.9 Å². The maximum absolute atomic E-state index is 13.4. The number of carbonyl (C=O) groups is 2. The topological polar surface area (TPSA) is 114 Å². The second kappa shape index (κ2) is 11.3. The number of anilines is 2. The van der Waals surface area contributed by atoms with Crippen LogP contribution >= 0.6 is 23.1 Å². The Hall–Kier alpha value is -2.47. The molecular weight excluding hydrogens is 472 g/mol. The summed E-state index contributed by atoms with van der Waals surface area (Å²) >= 11 is 3.22. The highest BCUT2D eigenvalue weighted by Crippen LogP contribution is 2.40. The monoisotopic (exact) mass is 502 g/mol. The fourth-order valence-corrected chi connectivity index (χ4v) is 6.75. The molecule has 2 aromatic heterocycles. The highest BCUT2D eigenvalue weighted by molar-refractivity contribution is 8.01. The van der Waals surface area contributed by atoms with E-state index in [0.717, 1.165) is 15.2 Å². The molecule has 2 fully saturated rings. The zero-order valence-corrected chi connectivity index (χ0v) is 20.8. The first-order chi connectivity index (χ1) is 16.5. The fraction of sp³-hybridized carbons (Fsp3) is 0.478. The summed E-state index contributed by atoms with van der Waals surface area (Å²) < 4.78 is 6.73. The first-order valence-corrected chi connectivity index (χ1v) is 13.0. The minimum absolute atomic E-state index is 0.0760. The Labute approximate surface area is 207 Å². The number of thiazole rings is 1. The second-order valence-corrected chi connectivity index (χ2v) is 10.9. The van der Waals surface area contributed by atoms with Crippen LogP contribution in [0.3, 0.4) is 0 Å². The molecule has 11 heteroatoms. The van der Waals surface area contributed by atoms with Gasteiger partial charge in [-0.2, -0.15) is 0 Å². The summed E-state index contributed by atoms with van der Waals surface area (Å²) in [7, 11) is 1.64. The van der Waals surface area contributed by atoms with Crippen molar-refractivity contribution in [2.45, 2.75) is 34.4 Å². The molecule has 1 saturated carbocycles. The number of nitrogens with two attached hydrogens (primary N) is 1. The molecule has 4 rings (SSSR count). The van der Waals surface area contributed by atoms with Gasteiger partial charge in [0.25, 0.3) is 0 Å². The Kier molecular flexibility index (Phi) is 8.19. The molecule has 1 aliphatic heterocycles. The van der Waals surface area contributed by atoms with E-state index in [2.05, 4.69) is 21.9 Å². The summed E-state index contributed by atoms with van der Waals surface area (Å²) in [5, 5.41) is 4.05. The first-order valence-electron chi connectivity index (χ1n) is 11.3. The number of carbonyl (C=O) groups excluding carboxylic acids is 2. The van der Waals surface area contributed by atoms with E-state index in [4.69, 9.17) is 10.5 Å². The standard InChI is InChI=1S/C23H30N6O3S2/c1-3-20(30)28-8-10-29(11-9-28)22(31)15-12-18(16(24)13-17(15)32-2)33-21-14-26-23(34-21)27-19-6-4-5-7-25-19/h3-7,14-18H,1,8-13,24H2,2H3,(H,25,26,27). The van der Waals surface area contributed by atoms with E-state index in [-0.39, 0.29) is 35.1 Å². The molecule has 0 spiro atoms. The third-order valence-electron chi connectivity index (χ3n) is 6.27. The summed E-state index contributed by atoms with van der Waals surface area (Å²) in [6.07, 6.45) is 5.93. The number of pyridine rings is 1. The molecule has 1 aliphatic carbocycles. The Morgan fingerprint density at radius 2 is 2.00 bits per heavy atom. The van der Waals surface area contributed by atoms with Gasteiger partial charge in [0.05, 0.1) is 22.4 Å². The van der Waals surface area contributed by atoms with Crippen LogP contribution in [0.25, 0.3) is 0 Å². The Morgan fingerprint density at radius 3 is 2.68 bits per heavy atom. The van der Waals surface area contributed by atoms with Crippen LogP contribution in [-0.4, -0.2) is 82.3 Å². The molecule has 4 atom stereocenters. The molecule has 182 valence electrons. The van der Waals surface area contributed by atoms with Gasteiger partial charge in [-0.05, 0) is 31.1 Å². The molecule has 3 heterocycles. The highest BCUT2D eigenvalue weighted by Gasteiger charge is 2.42. The smallest absolute Gasteiger partial charge is 0.246 e. The molecule has 9 nitrogen and oxygen atoms in total. The van der Waals surface area contributed by atoms with Crippen LogP contribution in [0.1, 0.15) is 12.8 Å². The van der Waals surface area contributed by atoms with E-state index in [9.17, 15) is 9.59 Å². The van der Waals surface area contributed by atoms with Gasteiger partial charge in [-0.15, -0.1) is 11.8 Å². The number of rotatable bonds is 7. The van der Waals surface area contributed by atoms with Gasteiger partial charge >= 0.3 is 0 Å². The van der Waals surface area contributed by atoms with Crippen molar-refractivity contribution in [3.05, 3.63) is 43.2 Å². The third-order valence-corrected chi connectivity index (χ3v) is 8.70.